The number of rotatable bonds is 3. The van der Waals surface area contributed by atoms with E-state index in [4.69, 9.17) is 16.6 Å². The van der Waals surface area contributed by atoms with Crippen molar-refractivity contribution in [1.82, 2.24) is 14.9 Å². The number of carbonyl (C=O) groups is 1. The monoisotopic (exact) mass is 424 g/mol. The summed E-state index contributed by atoms with van der Waals surface area (Å²) in [7, 11) is 1.87. The smallest absolute Gasteiger partial charge is 0.231 e. The highest BCUT2D eigenvalue weighted by Gasteiger charge is 2.35. The average molecular weight is 425 g/mol. The van der Waals surface area contributed by atoms with Gasteiger partial charge in [-0.25, -0.2) is 4.98 Å². The van der Waals surface area contributed by atoms with E-state index in [-0.39, 0.29) is 11.8 Å². The molecule has 29 heavy (non-hydrogen) atoms. The molecule has 2 aromatic carbocycles. The highest BCUT2D eigenvalue weighted by Crippen LogP contribution is 2.39. The summed E-state index contributed by atoms with van der Waals surface area (Å²) in [6.07, 6.45) is 0. The molecule has 1 N–H and O–H groups in total. The van der Waals surface area contributed by atoms with Crippen LogP contribution in [0.2, 0.25) is 5.02 Å². The topological polar surface area (TPSA) is 52.2 Å². The third-order valence-corrected chi connectivity index (χ3v) is 7.00. The highest BCUT2D eigenvalue weighted by molar-refractivity contribution is 7.22. The number of nitrogens with zero attached hydrogens (tertiary/aromatic N) is 3. The molecule has 0 fully saturated rings. The van der Waals surface area contributed by atoms with Gasteiger partial charge in [-0.1, -0.05) is 41.1 Å². The van der Waals surface area contributed by atoms with Crippen molar-refractivity contribution in [3.8, 4) is 0 Å². The van der Waals surface area contributed by atoms with E-state index in [0.29, 0.717) is 24.7 Å². The first-order chi connectivity index (χ1) is 14.0. The van der Waals surface area contributed by atoms with Gasteiger partial charge in [0.25, 0.3) is 0 Å². The largest absolute Gasteiger partial charge is 0.357 e. The van der Waals surface area contributed by atoms with Crippen LogP contribution in [-0.4, -0.2) is 40.9 Å². The van der Waals surface area contributed by atoms with Gasteiger partial charge in [-0.2, -0.15) is 0 Å². The number of benzene rings is 2. The number of halogens is 1. The molecular formula is C22H21ClN4OS. The molecule has 2 aromatic heterocycles. The summed E-state index contributed by atoms with van der Waals surface area (Å²) in [5.41, 5.74) is 4.24. The van der Waals surface area contributed by atoms with Gasteiger partial charge in [-0.05, 0) is 36.8 Å². The number of likely N-dealkylation sites (N-methyl/N-ethyl adjacent to an activating group) is 1. The fourth-order valence-corrected chi connectivity index (χ4v) is 5.35. The Bertz CT molecular complexity index is 1230. The number of hydrogen-bond donors (Lipinski definition) is 1. The van der Waals surface area contributed by atoms with Crippen LogP contribution >= 0.6 is 22.9 Å². The van der Waals surface area contributed by atoms with Crippen molar-refractivity contribution >= 4 is 55.1 Å². The minimum Gasteiger partial charge on any atom is -0.357 e. The molecule has 1 atom stereocenters. The van der Waals surface area contributed by atoms with Crippen LogP contribution in [0.4, 0.5) is 5.13 Å². The van der Waals surface area contributed by atoms with Crippen LogP contribution < -0.4 is 4.90 Å². The third-order valence-electron chi connectivity index (χ3n) is 5.69. The fourth-order valence-electron chi connectivity index (χ4n) is 4.10. The molecule has 4 aromatic rings. The lowest BCUT2D eigenvalue weighted by molar-refractivity contribution is -0.131. The first kappa shape index (κ1) is 18.5. The summed E-state index contributed by atoms with van der Waals surface area (Å²) in [6.45, 7) is 4.02. The van der Waals surface area contributed by atoms with E-state index in [1.807, 2.05) is 44.3 Å². The van der Waals surface area contributed by atoms with Crippen LogP contribution in [0, 0.1) is 0 Å². The lowest BCUT2D eigenvalue weighted by Gasteiger charge is -2.34. The Morgan fingerprint density at radius 2 is 2.17 bits per heavy atom. The van der Waals surface area contributed by atoms with Crippen molar-refractivity contribution in [3.63, 3.8) is 0 Å². The van der Waals surface area contributed by atoms with Gasteiger partial charge in [-0.15, -0.1) is 0 Å². The SMILES string of the molecule is CCN(C)C(=O)C1CN(c2nc3ccc(Cl)cc3s2)Cc2[nH]c3ccccc3c21. The van der Waals surface area contributed by atoms with Gasteiger partial charge in [0.1, 0.15) is 0 Å². The van der Waals surface area contributed by atoms with Gasteiger partial charge < -0.3 is 14.8 Å². The molecule has 1 unspecified atom stereocenters. The zero-order valence-electron chi connectivity index (χ0n) is 16.3. The second-order valence-corrected chi connectivity index (χ2v) is 8.90. The van der Waals surface area contributed by atoms with E-state index in [0.717, 1.165) is 37.5 Å². The van der Waals surface area contributed by atoms with E-state index in [2.05, 4.69) is 22.0 Å². The summed E-state index contributed by atoms with van der Waals surface area (Å²) in [6, 6.07) is 14.0. The fraction of sp³-hybridized carbons (Fsp3) is 0.273. The van der Waals surface area contributed by atoms with E-state index < -0.39 is 0 Å². The van der Waals surface area contributed by atoms with Crippen molar-refractivity contribution in [2.24, 2.45) is 0 Å². The second-order valence-electron chi connectivity index (χ2n) is 7.46. The molecule has 0 bridgehead atoms. The molecular weight excluding hydrogens is 404 g/mol. The minimum absolute atomic E-state index is 0.146. The molecule has 148 valence electrons. The summed E-state index contributed by atoms with van der Waals surface area (Å²) in [5, 5.41) is 2.77. The van der Waals surface area contributed by atoms with Crippen LogP contribution in [0.25, 0.3) is 21.1 Å². The number of anilines is 1. The van der Waals surface area contributed by atoms with Crippen molar-refractivity contribution in [3.05, 3.63) is 58.7 Å². The number of carbonyl (C=O) groups excluding carboxylic acids is 1. The minimum atomic E-state index is -0.226. The van der Waals surface area contributed by atoms with E-state index in [1.165, 1.54) is 0 Å². The highest BCUT2D eigenvalue weighted by atomic mass is 35.5. The molecule has 0 spiro atoms. The molecule has 7 heteroatoms. The number of aromatic nitrogens is 2. The molecule has 1 aliphatic heterocycles. The number of fused-ring (bicyclic) bond motifs is 4. The molecule has 0 saturated heterocycles. The van der Waals surface area contributed by atoms with Crippen LogP contribution in [0.3, 0.4) is 0 Å². The molecule has 0 radical (unpaired) electrons. The maximum Gasteiger partial charge on any atom is 0.231 e. The Labute approximate surface area is 177 Å². The first-order valence-electron chi connectivity index (χ1n) is 9.70. The molecule has 3 heterocycles. The molecule has 0 aliphatic carbocycles. The first-order valence-corrected chi connectivity index (χ1v) is 10.9. The average Bonchev–Trinajstić information content (AvgIpc) is 3.32. The predicted molar refractivity (Wildman–Crippen MR) is 120 cm³/mol. The van der Waals surface area contributed by atoms with E-state index in [9.17, 15) is 4.79 Å². The number of thiazole rings is 1. The summed E-state index contributed by atoms with van der Waals surface area (Å²) in [4.78, 5) is 25.6. The Morgan fingerprint density at radius 1 is 1.34 bits per heavy atom. The number of nitrogens with one attached hydrogen (secondary N) is 1. The standard InChI is InChI=1S/C22H21ClN4OS/c1-3-26(2)21(28)15-11-27(22-25-17-9-8-13(23)10-19(17)29-22)12-18-20(15)14-6-4-5-7-16(14)24-18/h4-10,15,24H,3,11-12H2,1-2H3. The molecule has 0 saturated carbocycles. The number of aromatic amines is 1. The lowest BCUT2D eigenvalue weighted by Crippen LogP contribution is -2.41. The summed E-state index contributed by atoms with van der Waals surface area (Å²) in [5.74, 6) is -0.0807. The quantitative estimate of drug-likeness (QED) is 0.502. The maximum atomic E-state index is 13.3. The van der Waals surface area contributed by atoms with Crippen LogP contribution in [-0.2, 0) is 11.3 Å². The predicted octanol–water partition coefficient (Wildman–Crippen LogP) is 5.01. The zero-order chi connectivity index (χ0) is 20.1. The third kappa shape index (κ3) is 3.07. The van der Waals surface area contributed by atoms with Gasteiger partial charge in [0.05, 0.1) is 22.7 Å². The van der Waals surface area contributed by atoms with Gasteiger partial charge in [0, 0.05) is 41.8 Å². The van der Waals surface area contributed by atoms with Crippen molar-refractivity contribution in [2.75, 3.05) is 25.0 Å². The number of para-hydroxylation sites is 1. The number of H-pyrrole nitrogens is 1. The van der Waals surface area contributed by atoms with Crippen LogP contribution in [0.1, 0.15) is 24.1 Å². The molecule has 5 rings (SSSR count). The Kier molecular flexibility index (Phi) is 4.48. The molecule has 5 nitrogen and oxygen atoms in total. The Hall–Kier alpha value is -2.57. The number of hydrogen-bond acceptors (Lipinski definition) is 4. The van der Waals surface area contributed by atoms with Gasteiger partial charge in [0.2, 0.25) is 5.91 Å². The van der Waals surface area contributed by atoms with E-state index >= 15 is 0 Å². The number of amides is 1. The van der Waals surface area contributed by atoms with Gasteiger partial charge in [0.15, 0.2) is 5.13 Å². The van der Waals surface area contributed by atoms with Crippen molar-refractivity contribution < 1.29 is 4.79 Å². The summed E-state index contributed by atoms with van der Waals surface area (Å²) < 4.78 is 1.06. The Balaban J connectivity index is 1.61. The zero-order valence-corrected chi connectivity index (χ0v) is 17.8. The van der Waals surface area contributed by atoms with Gasteiger partial charge in [-0.3, -0.25) is 4.79 Å². The van der Waals surface area contributed by atoms with Crippen LogP contribution in [0.5, 0.6) is 0 Å². The van der Waals surface area contributed by atoms with Crippen LogP contribution in [0.15, 0.2) is 42.5 Å². The molecule has 1 amide bonds. The van der Waals surface area contributed by atoms with Gasteiger partial charge >= 0.3 is 0 Å². The van der Waals surface area contributed by atoms with Crippen molar-refractivity contribution in [1.29, 1.82) is 0 Å². The second kappa shape index (κ2) is 7.04. The maximum absolute atomic E-state index is 13.3. The molecule has 1 aliphatic rings. The lowest BCUT2D eigenvalue weighted by atomic mass is 9.91. The van der Waals surface area contributed by atoms with Crippen molar-refractivity contribution in [2.45, 2.75) is 19.4 Å². The normalized spacial score (nSPS) is 16.4. The summed E-state index contributed by atoms with van der Waals surface area (Å²) >= 11 is 7.77. The van der Waals surface area contributed by atoms with E-state index in [1.54, 1.807) is 16.2 Å². The Morgan fingerprint density at radius 3 is 3.00 bits per heavy atom.